The smallest absolute Gasteiger partial charge is 0.407 e. The molecule has 1 amide bonds. The van der Waals surface area contributed by atoms with Crippen LogP contribution in [0.15, 0.2) is 12.7 Å². The van der Waals surface area contributed by atoms with Gasteiger partial charge in [0.05, 0.1) is 6.54 Å². The normalized spacial score (nSPS) is 17.4. The Hall–Kier alpha value is -1.52. The molecule has 114 valence electrons. The maximum absolute atomic E-state index is 11.8. The van der Waals surface area contributed by atoms with Crippen LogP contribution >= 0.6 is 0 Å². The maximum Gasteiger partial charge on any atom is 0.407 e. The van der Waals surface area contributed by atoms with Gasteiger partial charge in [-0.15, -0.1) is 0 Å². The number of amides is 1. The molecule has 0 bridgehead atoms. The quantitative estimate of drug-likeness (QED) is 0.462. The molecular formula is C15H25NO4. The summed E-state index contributed by atoms with van der Waals surface area (Å²) in [7, 11) is 0. The van der Waals surface area contributed by atoms with Crippen molar-refractivity contribution in [2.24, 2.45) is 5.92 Å². The fraction of sp³-hybridized carbons (Fsp3) is 0.733. The average molecular weight is 283 g/mol. The molecule has 1 aliphatic carbocycles. The van der Waals surface area contributed by atoms with Crippen LogP contribution in [0.5, 0.6) is 0 Å². The summed E-state index contributed by atoms with van der Waals surface area (Å²) in [5.41, 5.74) is -0.347. The number of rotatable bonds is 6. The molecule has 0 aromatic carbocycles. The molecule has 5 heteroatoms. The molecule has 1 fully saturated rings. The van der Waals surface area contributed by atoms with Crippen LogP contribution in [0.1, 0.15) is 46.0 Å². The standard InChI is InChI=1S/C15H25NO4/c1-4-13(17)19-11-10-16-14(18)20-15(12(2)3)8-6-5-7-9-15/h4,12H,1,5-11H2,2-3H3,(H,16,18). The molecule has 0 saturated heterocycles. The van der Waals surface area contributed by atoms with E-state index in [0.29, 0.717) is 5.92 Å². The number of hydrogen-bond donors (Lipinski definition) is 1. The third-order valence-corrected chi connectivity index (χ3v) is 3.83. The van der Waals surface area contributed by atoms with Gasteiger partial charge in [-0.1, -0.05) is 26.8 Å². The van der Waals surface area contributed by atoms with Crippen molar-refractivity contribution in [1.82, 2.24) is 5.32 Å². The van der Waals surface area contributed by atoms with Gasteiger partial charge in [0.1, 0.15) is 12.2 Å². The number of alkyl carbamates (subject to hydrolysis) is 1. The Morgan fingerprint density at radius 2 is 1.95 bits per heavy atom. The Morgan fingerprint density at radius 1 is 1.30 bits per heavy atom. The van der Waals surface area contributed by atoms with E-state index >= 15 is 0 Å². The predicted octanol–water partition coefficient (Wildman–Crippen LogP) is 2.80. The zero-order valence-electron chi connectivity index (χ0n) is 12.4. The van der Waals surface area contributed by atoms with Gasteiger partial charge in [-0.2, -0.15) is 0 Å². The van der Waals surface area contributed by atoms with E-state index in [1.807, 2.05) is 0 Å². The lowest BCUT2D eigenvalue weighted by molar-refractivity contribution is -0.137. The summed E-state index contributed by atoms with van der Waals surface area (Å²) < 4.78 is 10.4. The molecule has 0 spiro atoms. The molecule has 5 nitrogen and oxygen atoms in total. The maximum atomic E-state index is 11.8. The van der Waals surface area contributed by atoms with E-state index in [1.165, 1.54) is 6.42 Å². The zero-order valence-corrected chi connectivity index (χ0v) is 12.4. The Labute approximate surface area is 120 Å². The Morgan fingerprint density at radius 3 is 2.50 bits per heavy atom. The number of ether oxygens (including phenoxy) is 2. The summed E-state index contributed by atoms with van der Waals surface area (Å²) >= 11 is 0. The third kappa shape index (κ3) is 4.87. The molecule has 1 N–H and O–H groups in total. The highest BCUT2D eigenvalue weighted by molar-refractivity contribution is 5.81. The van der Waals surface area contributed by atoms with E-state index in [2.05, 4.69) is 25.7 Å². The number of nitrogens with one attached hydrogen (secondary N) is 1. The second-order valence-electron chi connectivity index (χ2n) is 5.47. The number of esters is 1. The molecule has 0 aromatic heterocycles. The Bertz CT molecular complexity index is 346. The fourth-order valence-corrected chi connectivity index (χ4v) is 2.53. The minimum absolute atomic E-state index is 0.120. The minimum atomic E-state index is -0.494. The SMILES string of the molecule is C=CC(=O)OCCNC(=O)OC1(C(C)C)CCCCC1. The van der Waals surface area contributed by atoms with Gasteiger partial charge >= 0.3 is 12.1 Å². The third-order valence-electron chi connectivity index (χ3n) is 3.83. The molecule has 0 radical (unpaired) electrons. The Balaban J connectivity index is 2.35. The van der Waals surface area contributed by atoms with Crippen LogP contribution < -0.4 is 5.32 Å². The van der Waals surface area contributed by atoms with E-state index in [1.54, 1.807) is 0 Å². The van der Waals surface area contributed by atoms with Crippen molar-refractivity contribution in [2.45, 2.75) is 51.6 Å². The summed E-state index contributed by atoms with van der Waals surface area (Å²) in [4.78, 5) is 22.7. The number of carbonyl (C=O) groups excluding carboxylic acids is 2. The summed E-state index contributed by atoms with van der Waals surface area (Å²) in [6.07, 6.45) is 5.90. The lowest BCUT2D eigenvalue weighted by atomic mass is 9.77. The molecule has 0 heterocycles. The number of hydrogen-bond acceptors (Lipinski definition) is 4. The first-order chi connectivity index (χ1) is 9.50. The van der Waals surface area contributed by atoms with Crippen LogP contribution in [-0.4, -0.2) is 30.8 Å². The van der Waals surface area contributed by atoms with Crippen molar-refractivity contribution >= 4 is 12.1 Å². The van der Waals surface area contributed by atoms with Crippen molar-refractivity contribution in [2.75, 3.05) is 13.2 Å². The van der Waals surface area contributed by atoms with Crippen molar-refractivity contribution in [3.8, 4) is 0 Å². The van der Waals surface area contributed by atoms with Crippen LogP contribution in [0.3, 0.4) is 0 Å². The van der Waals surface area contributed by atoms with Gasteiger partial charge < -0.3 is 14.8 Å². The lowest BCUT2D eigenvalue weighted by Crippen LogP contribution is -2.45. The molecule has 0 atom stereocenters. The summed E-state index contributed by atoms with van der Waals surface area (Å²) in [5, 5.41) is 2.62. The van der Waals surface area contributed by atoms with E-state index in [4.69, 9.17) is 9.47 Å². The van der Waals surface area contributed by atoms with E-state index in [0.717, 1.165) is 31.8 Å². The predicted molar refractivity (Wildman–Crippen MR) is 76.3 cm³/mol. The van der Waals surface area contributed by atoms with Gasteiger partial charge in [-0.05, 0) is 31.6 Å². The average Bonchev–Trinajstić information content (AvgIpc) is 2.44. The largest absolute Gasteiger partial charge is 0.461 e. The van der Waals surface area contributed by atoms with E-state index < -0.39 is 12.1 Å². The number of carbonyl (C=O) groups is 2. The molecule has 1 aliphatic rings. The first kappa shape index (κ1) is 16.5. The molecule has 0 aliphatic heterocycles. The molecule has 1 rings (SSSR count). The Kier molecular flexibility index (Phi) is 6.55. The van der Waals surface area contributed by atoms with Crippen LogP contribution in [0.4, 0.5) is 4.79 Å². The van der Waals surface area contributed by atoms with Gasteiger partial charge in [0.2, 0.25) is 0 Å². The van der Waals surface area contributed by atoms with Crippen molar-refractivity contribution in [1.29, 1.82) is 0 Å². The topological polar surface area (TPSA) is 64.6 Å². The summed E-state index contributed by atoms with van der Waals surface area (Å²) in [6.45, 7) is 7.83. The van der Waals surface area contributed by atoms with Crippen molar-refractivity contribution < 1.29 is 19.1 Å². The van der Waals surface area contributed by atoms with Gasteiger partial charge in [0.25, 0.3) is 0 Å². The second-order valence-corrected chi connectivity index (χ2v) is 5.47. The second kappa shape index (κ2) is 7.92. The molecule has 20 heavy (non-hydrogen) atoms. The van der Waals surface area contributed by atoms with Crippen LogP contribution in [0.2, 0.25) is 0 Å². The van der Waals surface area contributed by atoms with E-state index in [9.17, 15) is 9.59 Å². The van der Waals surface area contributed by atoms with Gasteiger partial charge in [-0.3, -0.25) is 0 Å². The molecule has 1 saturated carbocycles. The highest BCUT2D eigenvalue weighted by Gasteiger charge is 2.38. The van der Waals surface area contributed by atoms with Gasteiger partial charge in [-0.25, -0.2) is 9.59 Å². The van der Waals surface area contributed by atoms with Crippen LogP contribution in [0.25, 0.3) is 0 Å². The first-order valence-corrected chi connectivity index (χ1v) is 7.26. The highest BCUT2D eigenvalue weighted by Crippen LogP contribution is 2.37. The van der Waals surface area contributed by atoms with Crippen molar-refractivity contribution in [3.63, 3.8) is 0 Å². The first-order valence-electron chi connectivity index (χ1n) is 7.26. The van der Waals surface area contributed by atoms with Crippen LogP contribution in [-0.2, 0) is 14.3 Å². The zero-order chi connectivity index (χ0) is 15.0. The van der Waals surface area contributed by atoms with Crippen LogP contribution in [0, 0.1) is 5.92 Å². The summed E-state index contributed by atoms with van der Waals surface area (Å²) in [6, 6.07) is 0. The van der Waals surface area contributed by atoms with Gasteiger partial charge in [0.15, 0.2) is 0 Å². The summed E-state index contributed by atoms with van der Waals surface area (Å²) in [5.74, 6) is -0.196. The van der Waals surface area contributed by atoms with Gasteiger partial charge in [0, 0.05) is 6.08 Å². The molecule has 0 unspecified atom stereocenters. The van der Waals surface area contributed by atoms with E-state index in [-0.39, 0.29) is 18.8 Å². The molecule has 0 aromatic rings. The monoisotopic (exact) mass is 283 g/mol. The van der Waals surface area contributed by atoms with Crippen molar-refractivity contribution in [3.05, 3.63) is 12.7 Å². The molecular weight excluding hydrogens is 258 g/mol. The lowest BCUT2D eigenvalue weighted by Gasteiger charge is -2.40. The minimum Gasteiger partial charge on any atom is -0.461 e. The fourth-order valence-electron chi connectivity index (χ4n) is 2.53. The highest BCUT2D eigenvalue weighted by atomic mass is 16.6.